The molecule has 1 saturated heterocycles. The fourth-order valence-corrected chi connectivity index (χ4v) is 3.71. The topological polar surface area (TPSA) is 35.5 Å². The van der Waals surface area contributed by atoms with Gasteiger partial charge in [0, 0.05) is 35.8 Å². The molecular formula is C16H27ClN2OS. The van der Waals surface area contributed by atoms with Crippen molar-refractivity contribution in [2.24, 2.45) is 0 Å². The Balaban J connectivity index is 0.00000220. The van der Waals surface area contributed by atoms with Crippen LogP contribution in [0.4, 0.5) is 0 Å². The SMILES string of the molecule is CC(C)(C)Sc1ccccc1[C@H](CO)N1CCNCC1.Cl. The van der Waals surface area contributed by atoms with Crippen molar-refractivity contribution in [1.82, 2.24) is 10.2 Å². The predicted octanol–water partition coefficient (Wildman–Crippen LogP) is 2.94. The summed E-state index contributed by atoms with van der Waals surface area (Å²) in [5, 5.41) is 13.3. The highest BCUT2D eigenvalue weighted by Gasteiger charge is 2.25. The number of aliphatic hydroxyl groups excluding tert-OH is 1. The third-order valence-electron chi connectivity index (χ3n) is 3.46. The van der Waals surface area contributed by atoms with Crippen LogP contribution in [0.15, 0.2) is 29.2 Å². The van der Waals surface area contributed by atoms with Crippen molar-refractivity contribution in [2.45, 2.75) is 36.5 Å². The van der Waals surface area contributed by atoms with Crippen molar-refractivity contribution in [2.75, 3.05) is 32.8 Å². The number of nitrogens with zero attached hydrogens (tertiary/aromatic N) is 1. The molecule has 120 valence electrons. The Hall–Kier alpha value is -0.260. The van der Waals surface area contributed by atoms with Gasteiger partial charge in [0.05, 0.1) is 12.6 Å². The van der Waals surface area contributed by atoms with Gasteiger partial charge in [0.15, 0.2) is 0 Å². The molecular weight excluding hydrogens is 304 g/mol. The Kier molecular flexibility index (Phi) is 7.51. The quantitative estimate of drug-likeness (QED) is 0.832. The minimum absolute atomic E-state index is 0. The van der Waals surface area contributed by atoms with Crippen molar-refractivity contribution in [3.8, 4) is 0 Å². The molecule has 1 heterocycles. The number of aliphatic hydroxyl groups is 1. The molecule has 2 rings (SSSR count). The lowest BCUT2D eigenvalue weighted by atomic mass is 10.1. The van der Waals surface area contributed by atoms with Gasteiger partial charge in [0.1, 0.15) is 0 Å². The smallest absolute Gasteiger partial charge is 0.0629 e. The zero-order chi connectivity index (χ0) is 14.6. The van der Waals surface area contributed by atoms with Crippen molar-refractivity contribution in [3.05, 3.63) is 29.8 Å². The highest BCUT2D eigenvalue weighted by Crippen LogP contribution is 2.37. The summed E-state index contributed by atoms with van der Waals surface area (Å²) in [6, 6.07) is 8.62. The number of halogens is 1. The molecule has 1 aromatic rings. The molecule has 2 N–H and O–H groups in total. The Morgan fingerprint density at radius 3 is 2.43 bits per heavy atom. The number of thioether (sulfide) groups is 1. The fraction of sp³-hybridized carbons (Fsp3) is 0.625. The summed E-state index contributed by atoms with van der Waals surface area (Å²) in [5.41, 5.74) is 1.26. The molecule has 3 nitrogen and oxygen atoms in total. The van der Waals surface area contributed by atoms with Crippen LogP contribution in [0.5, 0.6) is 0 Å². The molecule has 1 aliphatic heterocycles. The molecule has 0 amide bonds. The Morgan fingerprint density at radius 1 is 1.24 bits per heavy atom. The normalized spacial score (nSPS) is 18.1. The number of nitrogens with one attached hydrogen (secondary N) is 1. The molecule has 0 bridgehead atoms. The van der Waals surface area contributed by atoms with Crippen LogP contribution in [0.25, 0.3) is 0 Å². The first kappa shape index (κ1) is 18.8. The lowest BCUT2D eigenvalue weighted by Gasteiger charge is -2.35. The number of rotatable bonds is 4. The zero-order valence-corrected chi connectivity index (χ0v) is 14.8. The summed E-state index contributed by atoms with van der Waals surface area (Å²) in [6.07, 6.45) is 0. The fourth-order valence-electron chi connectivity index (χ4n) is 2.58. The maximum Gasteiger partial charge on any atom is 0.0629 e. The van der Waals surface area contributed by atoms with E-state index in [1.807, 2.05) is 11.8 Å². The van der Waals surface area contributed by atoms with Gasteiger partial charge in [0.2, 0.25) is 0 Å². The molecule has 0 aromatic heterocycles. The third kappa shape index (κ3) is 5.46. The Labute approximate surface area is 138 Å². The second kappa shape index (κ2) is 8.39. The average molecular weight is 331 g/mol. The summed E-state index contributed by atoms with van der Waals surface area (Å²) in [5.74, 6) is 0. The van der Waals surface area contributed by atoms with Gasteiger partial charge >= 0.3 is 0 Å². The van der Waals surface area contributed by atoms with Crippen LogP contribution in [0.3, 0.4) is 0 Å². The van der Waals surface area contributed by atoms with Gasteiger partial charge in [-0.2, -0.15) is 0 Å². The van der Waals surface area contributed by atoms with E-state index in [2.05, 4.69) is 55.3 Å². The molecule has 21 heavy (non-hydrogen) atoms. The summed E-state index contributed by atoms with van der Waals surface area (Å²) in [6.45, 7) is 10.9. The van der Waals surface area contributed by atoms with E-state index >= 15 is 0 Å². The molecule has 0 aliphatic carbocycles. The van der Waals surface area contributed by atoms with E-state index < -0.39 is 0 Å². The number of hydrogen-bond acceptors (Lipinski definition) is 4. The lowest BCUT2D eigenvalue weighted by Crippen LogP contribution is -2.46. The second-order valence-electron chi connectivity index (χ2n) is 6.24. The Morgan fingerprint density at radius 2 is 1.86 bits per heavy atom. The Bertz CT molecular complexity index is 431. The van der Waals surface area contributed by atoms with Gasteiger partial charge in [0.25, 0.3) is 0 Å². The molecule has 0 radical (unpaired) electrons. The van der Waals surface area contributed by atoms with E-state index in [1.165, 1.54) is 10.5 Å². The predicted molar refractivity (Wildman–Crippen MR) is 93.6 cm³/mol. The standard InChI is InChI=1S/C16H26N2OS.ClH/c1-16(2,3)20-15-7-5-4-6-13(15)14(12-19)18-10-8-17-9-11-18;/h4-7,14,17,19H,8-12H2,1-3H3;1H/t14-;/m0./s1. The van der Waals surface area contributed by atoms with Gasteiger partial charge in [-0.15, -0.1) is 24.2 Å². The molecule has 0 unspecified atom stereocenters. The first-order chi connectivity index (χ1) is 9.51. The summed E-state index contributed by atoms with van der Waals surface area (Å²) >= 11 is 1.88. The van der Waals surface area contributed by atoms with E-state index in [4.69, 9.17) is 0 Å². The molecule has 1 aromatic carbocycles. The van der Waals surface area contributed by atoms with Crippen LogP contribution in [-0.2, 0) is 0 Å². The van der Waals surface area contributed by atoms with E-state index in [0.717, 1.165) is 26.2 Å². The maximum absolute atomic E-state index is 9.88. The maximum atomic E-state index is 9.88. The van der Waals surface area contributed by atoms with Crippen LogP contribution < -0.4 is 5.32 Å². The number of piperazine rings is 1. The highest BCUT2D eigenvalue weighted by molar-refractivity contribution is 8.00. The van der Waals surface area contributed by atoms with Crippen LogP contribution in [0.2, 0.25) is 0 Å². The highest BCUT2D eigenvalue weighted by atomic mass is 35.5. The molecule has 0 spiro atoms. The van der Waals surface area contributed by atoms with E-state index in [-0.39, 0.29) is 29.8 Å². The first-order valence-corrected chi connectivity index (χ1v) is 8.16. The van der Waals surface area contributed by atoms with Crippen molar-refractivity contribution >= 4 is 24.2 Å². The monoisotopic (exact) mass is 330 g/mol. The number of benzene rings is 1. The molecule has 5 heteroatoms. The molecule has 1 fully saturated rings. The minimum atomic E-state index is 0. The van der Waals surface area contributed by atoms with Crippen LogP contribution in [-0.4, -0.2) is 47.5 Å². The van der Waals surface area contributed by atoms with Gasteiger partial charge < -0.3 is 10.4 Å². The molecule has 0 saturated carbocycles. The van der Waals surface area contributed by atoms with Gasteiger partial charge in [-0.25, -0.2) is 0 Å². The average Bonchev–Trinajstić information content (AvgIpc) is 2.41. The van der Waals surface area contributed by atoms with E-state index in [1.54, 1.807) is 0 Å². The van der Waals surface area contributed by atoms with Gasteiger partial charge in [-0.3, -0.25) is 4.90 Å². The van der Waals surface area contributed by atoms with E-state index in [0.29, 0.717) is 0 Å². The van der Waals surface area contributed by atoms with Crippen molar-refractivity contribution in [1.29, 1.82) is 0 Å². The summed E-state index contributed by atoms with van der Waals surface area (Å²) in [4.78, 5) is 3.68. The molecule has 1 aliphatic rings. The molecule has 1 atom stereocenters. The van der Waals surface area contributed by atoms with E-state index in [9.17, 15) is 5.11 Å². The van der Waals surface area contributed by atoms with Gasteiger partial charge in [-0.05, 0) is 11.6 Å². The summed E-state index contributed by atoms with van der Waals surface area (Å²) < 4.78 is 0.180. The minimum Gasteiger partial charge on any atom is -0.394 e. The van der Waals surface area contributed by atoms with Crippen LogP contribution in [0.1, 0.15) is 32.4 Å². The van der Waals surface area contributed by atoms with Gasteiger partial charge in [-0.1, -0.05) is 39.0 Å². The van der Waals surface area contributed by atoms with Crippen molar-refractivity contribution < 1.29 is 5.11 Å². The zero-order valence-electron chi connectivity index (χ0n) is 13.1. The third-order valence-corrected chi connectivity index (χ3v) is 4.66. The van der Waals surface area contributed by atoms with Crippen LogP contribution in [0, 0.1) is 0 Å². The lowest BCUT2D eigenvalue weighted by molar-refractivity contribution is 0.109. The summed E-state index contributed by atoms with van der Waals surface area (Å²) in [7, 11) is 0. The number of hydrogen-bond donors (Lipinski definition) is 2. The largest absolute Gasteiger partial charge is 0.394 e. The second-order valence-corrected chi connectivity index (χ2v) is 8.11. The van der Waals surface area contributed by atoms with Crippen molar-refractivity contribution in [3.63, 3.8) is 0 Å². The first-order valence-electron chi connectivity index (χ1n) is 7.35. The van der Waals surface area contributed by atoms with Crippen LogP contribution >= 0.6 is 24.2 Å².